The van der Waals surface area contributed by atoms with Crippen LogP contribution in [0.4, 0.5) is 8.78 Å². The van der Waals surface area contributed by atoms with E-state index < -0.39 is 26.6 Å². The van der Waals surface area contributed by atoms with Gasteiger partial charge in [0, 0.05) is 25.2 Å². The summed E-state index contributed by atoms with van der Waals surface area (Å²) in [5, 5.41) is 0. The summed E-state index contributed by atoms with van der Waals surface area (Å²) in [4.78, 5) is 2.02. The van der Waals surface area contributed by atoms with Gasteiger partial charge in [0.1, 0.15) is 16.5 Å². The highest BCUT2D eigenvalue weighted by molar-refractivity contribution is 7.89. The van der Waals surface area contributed by atoms with Gasteiger partial charge in [0.2, 0.25) is 10.0 Å². The molecule has 2 aliphatic rings. The molecule has 2 heterocycles. The standard InChI is InChI=1S/C16H22F2N2O2S/c17-13-4-5-16(15(18)12-13)23(21,22)20-10-6-14(7-11-20)19-8-2-1-3-9-19/h4-5,12,14H,1-3,6-11H2. The van der Waals surface area contributed by atoms with Crippen molar-refractivity contribution in [3.05, 3.63) is 29.8 Å². The van der Waals surface area contributed by atoms with Crippen LogP contribution < -0.4 is 0 Å². The first-order valence-corrected chi connectivity index (χ1v) is 9.62. The summed E-state index contributed by atoms with van der Waals surface area (Å²) in [6, 6.07) is 3.03. The van der Waals surface area contributed by atoms with E-state index >= 15 is 0 Å². The quantitative estimate of drug-likeness (QED) is 0.846. The molecule has 3 rings (SSSR count). The van der Waals surface area contributed by atoms with E-state index in [1.165, 1.54) is 23.6 Å². The third-order valence-electron chi connectivity index (χ3n) is 4.84. The van der Waals surface area contributed by atoms with Gasteiger partial charge in [-0.15, -0.1) is 0 Å². The van der Waals surface area contributed by atoms with Crippen LogP contribution in [0.5, 0.6) is 0 Å². The molecule has 0 aromatic heterocycles. The number of hydrogen-bond acceptors (Lipinski definition) is 3. The normalized spacial score (nSPS) is 22.3. The third kappa shape index (κ3) is 3.56. The predicted molar refractivity (Wildman–Crippen MR) is 83.6 cm³/mol. The van der Waals surface area contributed by atoms with E-state index in [2.05, 4.69) is 4.90 Å². The second kappa shape index (κ2) is 6.83. The van der Waals surface area contributed by atoms with Crippen molar-refractivity contribution in [3.8, 4) is 0 Å². The fraction of sp³-hybridized carbons (Fsp3) is 0.625. The average Bonchev–Trinajstić information content (AvgIpc) is 2.55. The molecule has 2 fully saturated rings. The second-order valence-corrected chi connectivity index (χ2v) is 8.21. The number of rotatable bonds is 3. The van der Waals surface area contributed by atoms with Crippen molar-refractivity contribution < 1.29 is 17.2 Å². The lowest BCUT2D eigenvalue weighted by molar-refractivity contribution is 0.117. The molecule has 0 radical (unpaired) electrons. The number of nitrogens with zero attached hydrogens (tertiary/aromatic N) is 2. The van der Waals surface area contributed by atoms with E-state index in [9.17, 15) is 17.2 Å². The summed E-state index contributed by atoms with van der Waals surface area (Å²) in [5.41, 5.74) is 0. The van der Waals surface area contributed by atoms with Gasteiger partial charge in [-0.05, 0) is 50.9 Å². The molecule has 4 nitrogen and oxygen atoms in total. The number of hydrogen-bond donors (Lipinski definition) is 0. The molecule has 0 amide bonds. The molecule has 0 saturated carbocycles. The Morgan fingerprint density at radius 2 is 1.61 bits per heavy atom. The Kier molecular flexibility index (Phi) is 4.98. The van der Waals surface area contributed by atoms with Crippen molar-refractivity contribution in [1.29, 1.82) is 0 Å². The van der Waals surface area contributed by atoms with Gasteiger partial charge in [-0.1, -0.05) is 6.42 Å². The zero-order valence-electron chi connectivity index (χ0n) is 13.0. The lowest BCUT2D eigenvalue weighted by atomic mass is 10.0. The van der Waals surface area contributed by atoms with Gasteiger partial charge < -0.3 is 4.90 Å². The smallest absolute Gasteiger partial charge is 0.245 e. The Balaban J connectivity index is 1.68. The molecular formula is C16H22F2N2O2S. The molecule has 0 bridgehead atoms. The van der Waals surface area contributed by atoms with Crippen LogP contribution in [0, 0.1) is 11.6 Å². The van der Waals surface area contributed by atoms with Crippen LogP contribution in [0.15, 0.2) is 23.1 Å². The number of halogens is 2. The Hall–Kier alpha value is -1.05. The predicted octanol–water partition coefficient (Wildman–Crippen LogP) is 2.60. The van der Waals surface area contributed by atoms with Gasteiger partial charge in [-0.2, -0.15) is 4.31 Å². The third-order valence-corrected chi connectivity index (χ3v) is 6.77. The van der Waals surface area contributed by atoms with Crippen LogP contribution in [0.1, 0.15) is 32.1 Å². The minimum absolute atomic E-state index is 0.389. The SMILES string of the molecule is O=S(=O)(c1ccc(F)cc1F)N1CCC(N2CCCCC2)CC1. The number of likely N-dealkylation sites (tertiary alicyclic amines) is 1. The number of sulfonamides is 1. The van der Waals surface area contributed by atoms with Crippen molar-refractivity contribution in [3.63, 3.8) is 0 Å². The summed E-state index contributed by atoms with van der Waals surface area (Å²) in [5.74, 6) is -1.80. The van der Waals surface area contributed by atoms with Crippen LogP contribution in [0.3, 0.4) is 0 Å². The fourth-order valence-corrected chi connectivity index (χ4v) is 5.07. The minimum atomic E-state index is -3.89. The largest absolute Gasteiger partial charge is 0.300 e. The molecule has 0 N–H and O–H groups in total. The van der Waals surface area contributed by atoms with Crippen molar-refractivity contribution in [2.24, 2.45) is 0 Å². The van der Waals surface area contributed by atoms with Crippen molar-refractivity contribution in [2.45, 2.75) is 43.0 Å². The minimum Gasteiger partial charge on any atom is -0.300 e. The first-order valence-electron chi connectivity index (χ1n) is 8.18. The average molecular weight is 344 g/mol. The lowest BCUT2D eigenvalue weighted by Gasteiger charge is -2.39. The topological polar surface area (TPSA) is 40.6 Å². The molecule has 0 unspecified atom stereocenters. The highest BCUT2D eigenvalue weighted by atomic mass is 32.2. The second-order valence-electron chi connectivity index (χ2n) is 6.31. The Labute approximate surface area is 136 Å². The molecule has 0 atom stereocenters. The maximum absolute atomic E-state index is 13.8. The molecule has 7 heteroatoms. The monoisotopic (exact) mass is 344 g/mol. The maximum atomic E-state index is 13.8. The van der Waals surface area contributed by atoms with Crippen LogP contribution in [-0.2, 0) is 10.0 Å². The lowest BCUT2D eigenvalue weighted by Crippen LogP contribution is -2.48. The van der Waals surface area contributed by atoms with Gasteiger partial charge in [0.25, 0.3) is 0 Å². The molecule has 2 saturated heterocycles. The molecule has 0 spiro atoms. The van der Waals surface area contributed by atoms with E-state index in [0.717, 1.165) is 38.1 Å². The summed E-state index contributed by atoms with van der Waals surface area (Å²) in [6.07, 6.45) is 5.22. The molecule has 23 heavy (non-hydrogen) atoms. The van der Waals surface area contributed by atoms with Crippen LogP contribution in [-0.4, -0.2) is 49.8 Å². The highest BCUT2D eigenvalue weighted by Gasteiger charge is 2.33. The Bertz CT molecular complexity index is 652. The zero-order valence-corrected chi connectivity index (χ0v) is 13.9. The van der Waals surface area contributed by atoms with Gasteiger partial charge in [-0.25, -0.2) is 17.2 Å². The number of piperidine rings is 2. The highest BCUT2D eigenvalue weighted by Crippen LogP contribution is 2.26. The molecule has 1 aromatic carbocycles. The van der Waals surface area contributed by atoms with Crippen molar-refractivity contribution in [1.82, 2.24) is 9.21 Å². The van der Waals surface area contributed by atoms with Gasteiger partial charge in [0.05, 0.1) is 0 Å². The van der Waals surface area contributed by atoms with E-state index in [-0.39, 0.29) is 0 Å². The van der Waals surface area contributed by atoms with Gasteiger partial charge in [0.15, 0.2) is 0 Å². The van der Waals surface area contributed by atoms with Gasteiger partial charge in [-0.3, -0.25) is 0 Å². The van der Waals surface area contributed by atoms with E-state index in [1.54, 1.807) is 0 Å². The van der Waals surface area contributed by atoms with Crippen LogP contribution in [0.25, 0.3) is 0 Å². The molecule has 0 aliphatic carbocycles. The molecular weight excluding hydrogens is 322 g/mol. The van der Waals surface area contributed by atoms with Crippen LogP contribution >= 0.6 is 0 Å². The number of benzene rings is 1. The van der Waals surface area contributed by atoms with E-state index in [4.69, 9.17) is 0 Å². The first kappa shape index (κ1) is 16.8. The molecule has 1 aromatic rings. The summed E-state index contributed by atoms with van der Waals surface area (Å²) in [6.45, 7) is 2.95. The summed E-state index contributed by atoms with van der Waals surface area (Å²) < 4.78 is 53.2. The van der Waals surface area contributed by atoms with Crippen molar-refractivity contribution >= 4 is 10.0 Å². The van der Waals surface area contributed by atoms with Crippen LogP contribution in [0.2, 0.25) is 0 Å². The Morgan fingerprint density at radius 3 is 2.22 bits per heavy atom. The van der Waals surface area contributed by atoms with E-state index in [1.807, 2.05) is 0 Å². The van der Waals surface area contributed by atoms with Crippen molar-refractivity contribution in [2.75, 3.05) is 26.2 Å². The first-order chi connectivity index (χ1) is 11.0. The molecule has 128 valence electrons. The maximum Gasteiger partial charge on any atom is 0.245 e. The zero-order chi connectivity index (χ0) is 16.4. The van der Waals surface area contributed by atoms with Gasteiger partial charge >= 0.3 is 0 Å². The van der Waals surface area contributed by atoms with E-state index in [0.29, 0.717) is 25.2 Å². The summed E-state index contributed by atoms with van der Waals surface area (Å²) >= 11 is 0. The molecule has 2 aliphatic heterocycles. The fourth-order valence-electron chi connectivity index (χ4n) is 3.55. The summed E-state index contributed by atoms with van der Waals surface area (Å²) in [7, 11) is -3.89. The Morgan fingerprint density at radius 1 is 0.957 bits per heavy atom.